The monoisotopic (exact) mass is 287 g/mol. The van der Waals surface area contributed by atoms with Gasteiger partial charge in [-0.2, -0.15) is 0 Å². The lowest BCUT2D eigenvalue weighted by Gasteiger charge is -2.06. The predicted octanol–water partition coefficient (Wildman–Crippen LogP) is 3.13. The summed E-state index contributed by atoms with van der Waals surface area (Å²) in [4.78, 5) is 4.10. The molecule has 0 bridgehead atoms. The molecule has 1 aromatic carbocycles. The normalized spacial score (nSPS) is 12.7. The summed E-state index contributed by atoms with van der Waals surface area (Å²) in [6, 6.07) is 5.74. The zero-order valence-corrected chi connectivity index (χ0v) is 9.93. The Balaban J connectivity index is 2.28. The molecule has 1 N–H and O–H groups in total. The molecule has 0 aliphatic carbocycles. The van der Waals surface area contributed by atoms with E-state index in [1.165, 1.54) is 23.5 Å². The van der Waals surface area contributed by atoms with Gasteiger partial charge in [-0.15, -0.1) is 11.3 Å². The highest BCUT2D eigenvalue weighted by molar-refractivity contribution is 9.10. The number of nitrogens with zero attached hydrogens (tertiary/aromatic N) is 1. The lowest BCUT2D eigenvalue weighted by molar-refractivity contribution is 0.219. The van der Waals surface area contributed by atoms with Crippen molar-refractivity contribution in [3.63, 3.8) is 0 Å². The summed E-state index contributed by atoms with van der Waals surface area (Å²) < 4.78 is 13.4. The molecule has 0 aliphatic rings. The number of rotatable bonds is 2. The van der Waals surface area contributed by atoms with Crippen molar-refractivity contribution in [2.75, 3.05) is 0 Å². The maximum atomic E-state index is 12.7. The Morgan fingerprint density at radius 3 is 2.53 bits per heavy atom. The van der Waals surface area contributed by atoms with Gasteiger partial charge >= 0.3 is 0 Å². The molecular formula is C10H7BrFNOS. The molecule has 2 aromatic rings. The number of aliphatic hydroxyl groups excluding tert-OH is 1. The third kappa shape index (κ3) is 2.42. The molecule has 0 aliphatic heterocycles. The Bertz CT molecular complexity index is 457. The van der Waals surface area contributed by atoms with Gasteiger partial charge in [-0.3, -0.25) is 0 Å². The minimum Gasteiger partial charge on any atom is -0.381 e. The summed E-state index contributed by atoms with van der Waals surface area (Å²) in [6.07, 6.45) is -0.790. The second-order valence-electron chi connectivity index (χ2n) is 2.96. The summed E-state index contributed by atoms with van der Waals surface area (Å²) in [5.74, 6) is -0.314. The molecule has 0 spiro atoms. The Hall–Kier alpha value is -0.780. The first-order valence-electron chi connectivity index (χ1n) is 4.21. The Labute approximate surface area is 98.5 Å². The van der Waals surface area contributed by atoms with E-state index >= 15 is 0 Å². The molecule has 0 saturated carbocycles. The van der Waals surface area contributed by atoms with Gasteiger partial charge in [-0.05, 0) is 33.6 Å². The molecule has 1 heterocycles. The number of halogens is 2. The van der Waals surface area contributed by atoms with Gasteiger partial charge in [-0.25, -0.2) is 9.37 Å². The van der Waals surface area contributed by atoms with Crippen LogP contribution >= 0.6 is 27.3 Å². The van der Waals surface area contributed by atoms with Gasteiger partial charge < -0.3 is 5.11 Å². The largest absolute Gasteiger partial charge is 0.381 e. The van der Waals surface area contributed by atoms with Crippen LogP contribution in [0.1, 0.15) is 16.7 Å². The molecule has 2 rings (SSSR count). The minimum atomic E-state index is -0.790. The topological polar surface area (TPSA) is 33.1 Å². The lowest BCUT2D eigenvalue weighted by Crippen LogP contribution is -1.98. The first kappa shape index (κ1) is 10.7. The Morgan fingerprint density at radius 1 is 1.33 bits per heavy atom. The van der Waals surface area contributed by atoms with Crippen molar-refractivity contribution in [1.29, 1.82) is 0 Å². The molecule has 2 nitrogen and oxygen atoms in total. The summed E-state index contributed by atoms with van der Waals surface area (Å²) in [5, 5.41) is 12.3. The fraction of sp³-hybridized carbons (Fsp3) is 0.100. The van der Waals surface area contributed by atoms with Gasteiger partial charge in [0.15, 0.2) is 0 Å². The summed E-state index contributed by atoms with van der Waals surface area (Å²) >= 11 is 4.57. The van der Waals surface area contributed by atoms with Crippen molar-refractivity contribution in [2.24, 2.45) is 0 Å². The van der Waals surface area contributed by atoms with E-state index in [2.05, 4.69) is 20.9 Å². The van der Waals surface area contributed by atoms with Gasteiger partial charge in [0.2, 0.25) is 0 Å². The van der Waals surface area contributed by atoms with Crippen LogP contribution in [0.2, 0.25) is 0 Å². The molecule has 0 radical (unpaired) electrons. The molecule has 15 heavy (non-hydrogen) atoms. The summed E-state index contributed by atoms with van der Waals surface area (Å²) in [7, 11) is 0. The molecule has 0 saturated heterocycles. The number of aliphatic hydroxyl groups is 1. The summed E-state index contributed by atoms with van der Waals surface area (Å²) in [5.41, 5.74) is 0.637. The third-order valence-electron chi connectivity index (χ3n) is 1.91. The van der Waals surface area contributed by atoms with Crippen LogP contribution in [-0.2, 0) is 0 Å². The second-order valence-corrected chi connectivity index (χ2v) is 4.66. The smallest absolute Gasteiger partial charge is 0.131 e. The van der Waals surface area contributed by atoms with Crippen LogP contribution in [0, 0.1) is 5.82 Å². The SMILES string of the molecule is OC(c1ccc(F)cc1)c1nc(Br)cs1. The van der Waals surface area contributed by atoms with E-state index in [0.717, 1.165) is 0 Å². The van der Waals surface area contributed by atoms with Crippen molar-refractivity contribution in [3.05, 3.63) is 50.6 Å². The molecule has 1 atom stereocenters. The van der Waals surface area contributed by atoms with Crippen molar-refractivity contribution in [1.82, 2.24) is 4.98 Å². The molecule has 1 unspecified atom stereocenters. The van der Waals surface area contributed by atoms with Gasteiger partial charge in [0.05, 0.1) is 0 Å². The van der Waals surface area contributed by atoms with Crippen LogP contribution in [0.15, 0.2) is 34.2 Å². The van der Waals surface area contributed by atoms with E-state index in [1.54, 1.807) is 17.5 Å². The van der Waals surface area contributed by atoms with E-state index in [1.807, 2.05) is 0 Å². The van der Waals surface area contributed by atoms with E-state index in [0.29, 0.717) is 15.2 Å². The van der Waals surface area contributed by atoms with Crippen LogP contribution in [-0.4, -0.2) is 10.1 Å². The lowest BCUT2D eigenvalue weighted by atomic mass is 10.1. The van der Waals surface area contributed by atoms with E-state index in [4.69, 9.17) is 0 Å². The highest BCUT2D eigenvalue weighted by Crippen LogP contribution is 2.26. The van der Waals surface area contributed by atoms with Gasteiger partial charge in [0.1, 0.15) is 21.5 Å². The standard InChI is InChI=1S/C10H7BrFNOS/c11-8-5-15-10(13-8)9(14)6-1-3-7(12)4-2-6/h1-5,9,14H. The van der Waals surface area contributed by atoms with Gasteiger partial charge in [-0.1, -0.05) is 12.1 Å². The van der Waals surface area contributed by atoms with Crippen LogP contribution in [0.4, 0.5) is 4.39 Å². The van der Waals surface area contributed by atoms with Crippen LogP contribution in [0.25, 0.3) is 0 Å². The highest BCUT2D eigenvalue weighted by Gasteiger charge is 2.13. The number of hydrogen-bond donors (Lipinski definition) is 1. The summed E-state index contributed by atoms with van der Waals surface area (Å²) in [6.45, 7) is 0. The first-order valence-corrected chi connectivity index (χ1v) is 5.88. The Morgan fingerprint density at radius 2 is 2.00 bits per heavy atom. The van der Waals surface area contributed by atoms with E-state index in [-0.39, 0.29) is 5.82 Å². The average molecular weight is 288 g/mol. The molecule has 0 fully saturated rings. The van der Waals surface area contributed by atoms with Gasteiger partial charge in [0.25, 0.3) is 0 Å². The van der Waals surface area contributed by atoms with Crippen LogP contribution < -0.4 is 0 Å². The zero-order chi connectivity index (χ0) is 10.8. The second kappa shape index (κ2) is 4.38. The van der Waals surface area contributed by atoms with Crippen LogP contribution in [0.5, 0.6) is 0 Å². The van der Waals surface area contributed by atoms with Gasteiger partial charge in [0, 0.05) is 5.38 Å². The van der Waals surface area contributed by atoms with Crippen molar-refractivity contribution in [3.8, 4) is 0 Å². The van der Waals surface area contributed by atoms with Crippen LogP contribution in [0.3, 0.4) is 0 Å². The predicted molar refractivity (Wildman–Crippen MR) is 60.3 cm³/mol. The van der Waals surface area contributed by atoms with Crippen molar-refractivity contribution >= 4 is 27.3 Å². The number of benzene rings is 1. The van der Waals surface area contributed by atoms with Crippen molar-refractivity contribution in [2.45, 2.75) is 6.10 Å². The average Bonchev–Trinajstić information content (AvgIpc) is 2.65. The molecule has 0 amide bonds. The number of hydrogen-bond acceptors (Lipinski definition) is 3. The highest BCUT2D eigenvalue weighted by atomic mass is 79.9. The third-order valence-corrected chi connectivity index (χ3v) is 3.52. The Kier molecular flexibility index (Phi) is 3.14. The molecular weight excluding hydrogens is 281 g/mol. The molecule has 78 valence electrons. The fourth-order valence-corrected chi connectivity index (χ4v) is 2.46. The van der Waals surface area contributed by atoms with Crippen molar-refractivity contribution < 1.29 is 9.50 Å². The van der Waals surface area contributed by atoms with E-state index in [9.17, 15) is 9.50 Å². The minimum absolute atomic E-state index is 0.314. The zero-order valence-electron chi connectivity index (χ0n) is 7.52. The number of thiazole rings is 1. The first-order chi connectivity index (χ1) is 7.16. The van der Waals surface area contributed by atoms with E-state index < -0.39 is 6.10 Å². The fourth-order valence-electron chi connectivity index (χ4n) is 1.18. The maximum absolute atomic E-state index is 12.7. The molecule has 5 heteroatoms. The quantitative estimate of drug-likeness (QED) is 0.921. The maximum Gasteiger partial charge on any atom is 0.131 e. The number of aromatic nitrogens is 1. The molecule has 1 aromatic heterocycles.